The first kappa shape index (κ1) is 18.0. The second-order valence-corrected chi connectivity index (χ2v) is 8.83. The lowest BCUT2D eigenvalue weighted by Crippen LogP contribution is -2.29. The third-order valence-electron chi connectivity index (χ3n) is 5.83. The minimum Gasteiger partial charge on any atom is -0.390 e. The van der Waals surface area contributed by atoms with Crippen LogP contribution in [-0.2, 0) is 19.4 Å². The number of thiophene rings is 1. The van der Waals surface area contributed by atoms with Gasteiger partial charge in [0.1, 0.15) is 0 Å². The number of nitrogens with one attached hydrogen (secondary N) is 1. The number of benzene rings is 1. The molecule has 1 amide bonds. The molecule has 0 saturated carbocycles. The van der Waals surface area contributed by atoms with Gasteiger partial charge in [-0.3, -0.25) is 4.79 Å². The van der Waals surface area contributed by atoms with Crippen molar-refractivity contribution in [2.75, 3.05) is 5.73 Å². The molecule has 1 atom stereocenters. The van der Waals surface area contributed by atoms with Gasteiger partial charge in [-0.2, -0.15) is 0 Å². The van der Waals surface area contributed by atoms with Gasteiger partial charge in [-0.15, -0.1) is 11.3 Å². The van der Waals surface area contributed by atoms with E-state index in [9.17, 15) is 4.79 Å². The van der Waals surface area contributed by atoms with E-state index in [2.05, 4.69) is 26.1 Å². The summed E-state index contributed by atoms with van der Waals surface area (Å²) in [5, 5.41) is 3.70. The molecule has 0 saturated heterocycles. The van der Waals surface area contributed by atoms with Crippen molar-refractivity contribution in [2.45, 2.75) is 53.0 Å². The maximum absolute atomic E-state index is 12.7. The highest BCUT2D eigenvalue weighted by Gasteiger charge is 2.34. The second-order valence-electron chi connectivity index (χ2n) is 7.69. The highest BCUT2D eigenvalue weighted by atomic mass is 32.1. The van der Waals surface area contributed by atoms with Crippen molar-refractivity contribution in [1.29, 1.82) is 0 Å². The molecule has 0 radical (unpaired) electrons. The van der Waals surface area contributed by atoms with Gasteiger partial charge in [0.05, 0.1) is 10.6 Å². The monoisotopic (exact) mass is 356 g/mol. The van der Waals surface area contributed by atoms with Gasteiger partial charge < -0.3 is 11.1 Å². The first-order valence-electron chi connectivity index (χ1n) is 9.14. The lowest BCUT2D eigenvalue weighted by Gasteiger charge is -2.36. The Hall–Kier alpha value is -1.81. The van der Waals surface area contributed by atoms with E-state index in [4.69, 9.17) is 5.73 Å². The minimum absolute atomic E-state index is 0.0351. The summed E-state index contributed by atoms with van der Waals surface area (Å²) in [4.78, 5) is 14.0. The van der Waals surface area contributed by atoms with Gasteiger partial charge in [0.2, 0.25) is 0 Å². The van der Waals surface area contributed by atoms with Crippen molar-refractivity contribution in [1.82, 2.24) is 5.32 Å². The van der Waals surface area contributed by atoms with Crippen molar-refractivity contribution in [3.63, 3.8) is 0 Å². The van der Waals surface area contributed by atoms with E-state index in [0.29, 0.717) is 22.9 Å². The molecule has 134 valence electrons. The first-order chi connectivity index (χ1) is 11.9. The molecule has 3 rings (SSSR count). The highest BCUT2D eigenvalue weighted by Crippen LogP contribution is 2.44. The zero-order valence-electron chi connectivity index (χ0n) is 15.4. The molecule has 0 fully saturated rings. The number of nitrogens with two attached hydrogens (primary N) is 1. The molecule has 1 heterocycles. The van der Waals surface area contributed by atoms with Crippen molar-refractivity contribution >= 4 is 22.2 Å². The molecule has 1 aromatic carbocycles. The van der Waals surface area contributed by atoms with Crippen LogP contribution in [0.3, 0.4) is 0 Å². The van der Waals surface area contributed by atoms with Gasteiger partial charge in [-0.1, -0.05) is 57.5 Å². The summed E-state index contributed by atoms with van der Waals surface area (Å²) in [5.41, 5.74) is 9.59. The zero-order valence-corrected chi connectivity index (χ0v) is 16.2. The number of carbonyl (C=O) groups is 1. The molecule has 1 aliphatic carbocycles. The Morgan fingerprint density at radius 3 is 2.72 bits per heavy atom. The molecular formula is C21H28N2OS. The van der Waals surface area contributed by atoms with E-state index in [1.54, 1.807) is 11.3 Å². The highest BCUT2D eigenvalue weighted by molar-refractivity contribution is 7.16. The van der Waals surface area contributed by atoms with E-state index >= 15 is 0 Å². The number of hydrogen-bond acceptors (Lipinski definition) is 3. The Bertz CT molecular complexity index is 749. The third-order valence-corrected chi connectivity index (χ3v) is 6.92. The van der Waals surface area contributed by atoms with Crippen molar-refractivity contribution in [3.8, 4) is 0 Å². The van der Waals surface area contributed by atoms with Crippen LogP contribution in [0.4, 0.5) is 5.00 Å². The number of rotatable bonds is 5. The van der Waals surface area contributed by atoms with Crippen LogP contribution in [0.1, 0.15) is 60.0 Å². The molecule has 4 heteroatoms. The van der Waals surface area contributed by atoms with E-state index in [-0.39, 0.29) is 5.91 Å². The number of nitrogen functional groups attached to an aromatic ring is 1. The van der Waals surface area contributed by atoms with Crippen molar-refractivity contribution < 1.29 is 4.79 Å². The predicted octanol–water partition coefficient (Wildman–Crippen LogP) is 4.80. The quantitative estimate of drug-likeness (QED) is 0.808. The van der Waals surface area contributed by atoms with Gasteiger partial charge in [0.15, 0.2) is 0 Å². The summed E-state index contributed by atoms with van der Waals surface area (Å²) in [7, 11) is 0. The summed E-state index contributed by atoms with van der Waals surface area (Å²) >= 11 is 1.61. The van der Waals surface area contributed by atoms with Crippen LogP contribution in [0.15, 0.2) is 30.3 Å². The topological polar surface area (TPSA) is 55.1 Å². The fraction of sp³-hybridized carbons (Fsp3) is 0.476. The lowest BCUT2D eigenvalue weighted by atomic mass is 9.69. The zero-order chi connectivity index (χ0) is 18.0. The largest absolute Gasteiger partial charge is 0.390 e. The Balaban J connectivity index is 1.75. The molecule has 3 N–H and O–H groups in total. The van der Waals surface area contributed by atoms with Gasteiger partial charge in [0.25, 0.3) is 5.91 Å². The number of anilines is 1. The molecule has 0 aliphatic heterocycles. The van der Waals surface area contributed by atoms with Crippen LogP contribution in [0.5, 0.6) is 0 Å². The van der Waals surface area contributed by atoms with Gasteiger partial charge in [0, 0.05) is 11.4 Å². The predicted molar refractivity (Wildman–Crippen MR) is 106 cm³/mol. The average Bonchev–Trinajstić information content (AvgIpc) is 2.95. The summed E-state index contributed by atoms with van der Waals surface area (Å²) in [6, 6.07) is 9.98. The Morgan fingerprint density at radius 2 is 2.04 bits per heavy atom. The second kappa shape index (κ2) is 7.20. The molecule has 0 unspecified atom stereocenters. The molecule has 2 aromatic rings. The Kier molecular flexibility index (Phi) is 5.19. The van der Waals surface area contributed by atoms with Crippen LogP contribution >= 0.6 is 11.3 Å². The van der Waals surface area contributed by atoms with E-state index < -0.39 is 0 Å². The van der Waals surface area contributed by atoms with Crippen molar-refractivity contribution in [3.05, 3.63) is 51.9 Å². The molecule has 1 aliphatic rings. The molecule has 0 bridgehead atoms. The summed E-state index contributed by atoms with van der Waals surface area (Å²) < 4.78 is 0. The maximum Gasteiger partial charge on any atom is 0.254 e. The van der Waals surface area contributed by atoms with E-state index in [0.717, 1.165) is 30.4 Å². The van der Waals surface area contributed by atoms with Gasteiger partial charge in [-0.05, 0) is 41.7 Å². The fourth-order valence-corrected chi connectivity index (χ4v) is 4.87. The number of hydrogen-bond donors (Lipinski definition) is 2. The number of fused-ring (bicyclic) bond motifs is 1. The Morgan fingerprint density at radius 1 is 1.32 bits per heavy atom. The van der Waals surface area contributed by atoms with Crippen LogP contribution in [-0.4, -0.2) is 5.91 Å². The Labute approximate surface area is 154 Å². The van der Waals surface area contributed by atoms with Crippen LogP contribution < -0.4 is 11.1 Å². The molecule has 1 aromatic heterocycles. The standard InChI is InChI=1S/C21H28N2OS/c1-4-21(2,3)15-10-11-16-17(12-15)25-19(22)18(16)20(24)23-13-14-8-6-5-7-9-14/h5-9,15H,4,10-13,22H2,1-3H3,(H,23,24)/t15-/m1/s1. The molecular weight excluding hydrogens is 328 g/mol. The molecule has 0 spiro atoms. The van der Waals surface area contributed by atoms with Crippen LogP contribution in [0, 0.1) is 11.3 Å². The summed E-state index contributed by atoms with van der Waals surface area (Å²) in [6.45, 7) is 7.51. The lowest BCUT2D eigenvalue weighted by molar-refractivity contribution is 0.0950. The van der Waals surface area contributed by atoms with Crippen molar-refractivity contribution in [2.24, 2.45) is 11.3 Å². The molecule has 3 nitrogen and oxygen atoms in total. The van der Waals surface area contributed by atoms with E-state index in [1.807, 2.05) is 30.3 Å². The summed E-state index contributed by atoms with van der Waals surface area (Å²) in [6.07, 6.45) is 4.34. The maximum atomic E-state index is 12.7. The number of amides is 1. The van der Waals surface area contributed by atoms with E-state index in [1.165, 1.54) is 16.9 Å². The normalized spacial score (nSPS) is 17.2. The number of carbonyl (C=O) groups excluding carboxylic acids is 1. The third kappa shape index (κ3) is 3.74. The first-order valence-corrected chi connectivity index (χ1v) is 9.96. The molecule has 25 heavy (non-hydrogen) atoms. The fourth-order valence-electron chi connectivity index (χ4n) is 3.68. The van der Waals surface area contributed by atoms with Gasteiger partial charge >= 0.3 is 0 Å². The van der Waals surface area contributed by atoms with Gasteiger partial charge in [-0.25, -0.2) is 0 Å². The SMILES string of the molecule is CCC(C)(C)[C@@H]1CCc2c(sc(N)c2C(=O)NCc2ccccc2)C1. The minimum atomic E-state index is -0.0351. The van der Waals surface area contributed by atoms with Crippen LogP contribution in [0.2, 0.25) is 0 Å². The smallest absolute Gasteiger partial charge is 0.254 e. The van der Waals surface area contributed by atoms with Crippen LogP contribution in [0.25, 0.3) is 0 Å². The average molecular weight is 357 g/mol. The summed E-state index contributed by atoms with van der Waals surface area (Å²) in [5.74, 6) is 0.635.